The Bertz CT molecular complexity index is 418. The number of nitrogens with two attached hydrogens (primary N) is 1. The number of carbonyl (C=O) groups is 1. The summed E-state index contributed by atoms with van der Waals surface area (Å²) in [4.78, 5) is 11.8. The van der Waals surface area contributed by atoms with Crippen LogP contribution in [0.5, 0.6) is 5.75 Å². The highest BCUT2D eigenvalue weighted by Crippen LogP contribution is 2.33. The van der Waals surface area contributed by atoms with Gasteiger partial charge in [-0.1, -0.05) is 0 Å². The van der Waals surface area contributed by atoms with Crippen molar-refractivity contribution < 1.29 is 14.6 Å². The molecule has 3 N–H and O–H groups in total. The summed E-state index contributed by atoms with van der Waals surface area (Å²) < 4.78 is 5.10. The molecular weight excluding hydrogens is 238 g/mol. The lowest BCUT2D eigenvalue weighted by Gasteiger charge is -2.18. The number of methoxy groups -OCH3 is 1. The van der Waals surface area contributed by atoms with Crippen LogP contribution in [-0.4, -0.2) is 23.9 Å². The maximum atomic E-state index is 11.0. The highest BCUT2D eigenvalue weighted by atomic mass is 32.2. The van der Waals surface area contributed by atoms with E-state index in [0.29, 0.717) is 11.4 Å². The van der Waals surface area contributed by atoms with E-state index in [1.807, 2.05) is 6.07 Å². The Labute approximate surface area is 105 Å². The largest absolute Gasteiger partial charge is 0.497 e. The molecule has 94 valence electrons. The molecule has 5 heteroatoms. The quantitative estimate of drug-likeness (QED) is 0.624. The van der Waals surface area contributed by atoms with Crippen molar-refractivity contribution in [2.24, 2.45) is 5.41 Å². The number of carboxylic acid groups (broad SMARTS) is 1. The third-order valence-electron chi connectivity index (χ3n) is 2.39. The summed E-state index contributed by atoms with van der Waals surface area (Å²) in [5.74, 6) is 0.362. The van der Waals surface area contributed by atoms with Gasteiger partial charge in [0.2, 0.25) is 0 Å². The Morgan fingerprint density at radius 3 is 2.71 bits per heavy atom. The molecule has 0 aromatic heterocycles. The van der Waals surface area contributed by atoms with Crippen LogP contribution in [0.2, 0.25) is 0 Å². The van der Waals surface area contributed by atoms with Gasteiger partial charge in [-0.3, -0.25) is 4.79 Å². The Balaban J connectivity index is 2.78. The molecule has 0 aliphatic rings. The number of thioether (sulfide) groups is 1. The molecule has 1 rings (SSSR count). The Morgan fingerprint density at radius 2 is 2.18 bits per heavy atom. The molecule has 0 bridgehead atoms. The molecule has 0 atom stereocenters. The van der Waals surface area contributed by atoms with Crippen molar-refractivity contribution in [3.05, 3.63) is 18.2 Å². The maximum Gasteiger partial charge on any atom is 0.309 e. The molecular formula is C12H17NO3S. The average molecular weight is 255 g/mol. The minimum absolute atomic E-state index is 0.458. The first-order valence-corrected chi connectivity index (χ1v) is 6.15. The fourth-order valence-corrected chi connectivity index (χ4v) is 2.16. The van der Waals surface area contributed by atoms with Crippen LogP contribution in [0, 0.1) is 5.41 Å². The first-order valence-electron chi connectivity index (χ1n) is 5.16. The summed E-state index contributed by atoms with van der Waals surface area (Å²) in [6.45, 7) is 3.39. The lowest BCUT2D eigenvalue weighted by molar-refractivity contribution is -0.145. The van der Waals surface area contributed by atoms with Gasteiger partial charge in [-0.15, -0.1) is 11.8 Å². The highest BCUT2D eigenvalue weighted by Gasteiger charge is 2.27. The van der Waals surface area contributed by atoms with Crippen LogP contribution in [0.3, 0.4) is 0 Å². The first kappa shape index (κ1) is 13.7. The first-order chi connectivity index (χ1) is 7.86. The summed E-state index contributed by atoms with van der Waals surface area (Å²) in [6, 6.07) is 5.36. The molecule has 1 aromatic rings. The summed E-state index contributed by atoms with van der Waals surface area (Å²) in [5, 5.41) is 9.02. The molecule has 1 aromatic carbocycles. The van der Waals surface area contributed by atoms with Gasteiger partial charge >= 0.3 is 5.97 Å². The Kier molecular flexibility index (Phi) is 4.28. The summed E-state index contributed by atoms with van der Waals surface area (Å²) in [5.41, 5.74) is 5.68. The van der Waals surface area contributed by atoms with E-state index < -0.39 is 11.4 Å². The molecule has 4 nitrogen and oxygen atoms in total. The van der Waals surface area contributed by atoms with Gasteiger partial charge in [-0.2, -0.15) is 0 Å². The molecule has 17 heavy (non-hydrogen) atoms. The van der Waals surface area contributed by atoms with Crippen molar-refractivity contribution in [2.75, 3.05) is 18.6 Å². The summed E-state index contributed by atoms with van der Waals surface area (Å²) in [7, 11) is 1.58. The van der Waals surface area contributed by atoms with Crippen molar-refractivity contribution in [1.82, 2.24) is 0 Å². The number of carboxylic acids is 1. The lowest BCUT2D eigenvalue weighted by Crippen LogP contribution is -2.26. The van der Waals surface area contributed by atoms with E-state index in [-0.39, 0.29) is 0 Å². The minimum Gasteiger partial charge on any atom is -0.497 e. The Morgan fingerprint density at radius 1 is 1.53 bits per heavy atom. The third kappa shape index (κ3) is 3.56. The molecule has 0 amide bonds. The predicted molar refractivity (Wildman–Crippen MR) is 69.5 cm³/mol. The molecule has 0 aliphatic heterocycles. The van der Waals surface area contributed by atoms with Crippen molar-refractivity contribution in [3.8, 4) is 5.75 Å². The molecule has 0 saturated carbocycles. The number of nitrogen functional groups attached to an aromatic ring is 1. The zero-order chi connectivity index (χ0) is 13.1. The number of anilines is 1. The second-order valence-corrected chi connectivity index (χ2v) is 5.40. The van der Waals surface area contributed by atoms with Crippen LogP contribution in [0.1, 0.15) is 13.8 Å². The number of rotatable bonds is 5. The van der Waals surface area contributed by atoms with E-state index in [4.69, 9.17) is 15.6 Å². The summed E-state index contributed by atoms with van der Waals surface area (Å²) >= 11 is 1.43. The molecule has 0 radical (unpaired) electrons. The number of benzene rings is 1. The van der Waals surface area contributed by atoms with E-state index in [0.717, 1.165) is 10.6 Å². The number of aliphatic carboxylic acids is 1. The van der Waals surface area contributed by atoms with Crippen LogP contribution in [-0.2, 0) is 4.79 Å². The zero-order valence-electron chi connectivity index (χ0n) is 10.2. The fourth-order valence-electron chi connectivity index (χ4n) is 1.09. The molecule has 0 saturated heterocycles. The van der Waals surface area contributed by atoms with Gasteiger partial charge in [-0.25, -0.2) is 0 Å². The fraction of sp³-hybridized carbons (Fsp3) is 0.417. The third-order valence-corrected chi connectivity index (χ3v) is 3.92. The van der Waals surface area contributed by atoms with Crippen molar-refractivity contribution in [2.45, 2.75) is 18.7 Å². The zero-order valence-corrected chi connectivity index (χ0v) is 11.0. The molecule has 0 aliphatic carbocycles. The monoisotopic (exact) mass is 255 g/mol. The standard InChI is InChI=1S/C12H17NO3S/c1-12(2,11(14)15)7-17-10-6-8(16-3)4-5-9(10)13/h4-6H,7,13H2,1-3H3,(H,14,15). The molecule has 0 fully saturated rings. The van der Waals surface area contributed by atoms with Gasteiger partial charge in [0.05, 0.1) is 12.5 Å². The Hall–Kier alpha value is -1.36. The minimum atomic E-state index is -0.813. The van der Waals surface area contributed by atoms with Crippen LogP contribution >= 0.6 is 11.8 Å². The van der Waals surface area contributed by atoms with E-state index in [2.05, 4.69) is 0 Å². The molecule has 0 spiro atoms. The molecule has 0 unspecified atom stereocenters. The van der Waals surface area contributed by atoms with E-state index in [1.54, 1.807) is 33.1 Å². The summed E-state index contributed by atoms with van der Waals surface area (Å²) in [6.07, 6.45) is 0. The van der Waals surface area contributed by atoms with Gasteiger partial charge in [0.25, 0.3) is 0 Å². The normalized spacial score (nSPS) is 11.2. The lowest BCUT2D eigenvalue weighted by atomic mass is 9.97. The van der Waals surface area contributed by atoms with Crippen LogP contribution in [0.15, 0.2) is 23.1 Å². The van der Waals surface area contributed by atoms with Gasteiger partial charge < -0.3 is 15.6 Å². The number of hydrogen-bond donors (Lipinski definition) is 2. The van der Waals surface area contributed by atoms with Gasteiger partial charge in [-0.05, 0) is 32.0 Å². The average Bonchev–Trinajstić information content (AvgIpc) is 2.28. The number of hydrogen-bond acceptors (Lipinski definition) is 4. The van der Waals surface area contributed by atoms with Gasteiger partial charge in [0, 0.05) is 16.3 Å². The van der Waals surface area contributed by atoms with Crippen molar-refractivity contribution in [1.29, 1.82) is 0 Å². The van der Waals surface area contributed by atoms with Crippen LogP contribution in [0.25, 0.3) is 0 Å². The van der Waals surface area contributed by atoms with E-state index >= 15 is 0 Å². The highest BCUT2D eigenvalue weighted by molar-refractivity contribution is 7.99. The predicted octanol–water partition coefficient (Wildman–Crippen LogP) is 2.48. The van der Waals surface area contributed by atoms with Gasteiger partial charge in [0.1, 0.15) is 5.75 Å². The number of ether oxygens (including phenoxy) is 1. The van der Waals surface area contributed by atoms with Crippen molar-refractivity contribution in [3.63, 3.8) is 0 Å². The SMILES string of the molecule is COc1ccc(N)c(SCC(C)(C)C(=O)O)c1. The van der Waals surface area contributed by atoms with E-state index in [1.165, 1.54) is 11.8 Å². The maximum absolute atomic E-state index is 11.0. The van der Waals surface area contributed by atoms with Gasteiger partial charge in [0.15, 0.2) is 0 Å². The van der Waals surface area contributed by atoms with E-state index in [9.17, 15) is 4.79 Å². The molecule has 0 heterocycles. The second-order valence-electron chi connectivity index (χ2n) is 4.38. The smallest absolute Gasteiger partial charge is 0.309 e. The topological polar surface area (TPSA) is 72.5 Å². The second kappa shape index (κ2) is 5.31. The van der Waals surface area contributed by atoms with Crippen LogP contribution in [0.4, 0.5) is 5.69 Å². The van der Waals surface area contributed by atoms with Crippen molar-refractivity contribution >= 4 is 23.4 Å². The van der Waals surface area contributed by atoms with Crippen LogP contribution < -0.4 is 10.5 Å².